The molecule has 1 aromatic carbocycles. The Kier molecular flexibility index (Phi) is 3.63. The van der Waals surface area contributed by atoms with Crippen LogP contribution in [0.1, 0.15) is 31.7 Å². The number of nitrogens with zero attached hydrogens (tertiary/aromatic N) is 3. The van der Waals surface area contributed by atoms with Crippen molar-refractivity contribution in [1.82, 2.24) is 14.6 Å². The zero-order valence-corrected chi connectivity index (χ0v) is 14.4. The van der Waals surface area contributed by atoms with Crippen LogP contribution in [0.5, 0.6) is 0 Å². The van der Waals surface area contributed by atoms with Crippen molar-refractivity contribution in [3.63, 3.8) is 0 Å². The molecule has 0 amide bonds. The highest BCUT2D eigenvalue weighted by molar-refractivity contribution is 5.68. The largest absolute Gasteiger partial charge is 0.386 e. The van der Waals surface area contributed by atoms with Gasteiger partial charge in [-0.2, -0.15) is 0 Å². The minimum absolute atomic E-state index is 0.0213. The first-order valence-electron chi connectivity index (χ1n) is 8.40. The molecule has 1 aliphatic carbocycles. The maximum Gasteiger partial charge on any atom is 0.252 e. The van der Waals surface area contributed by atoms with Gasteiger partial charge in [-0.3, -0.25) is 4.40 Å². The van der Waals surface area contributed by atoms with E-state index in [1.807, 2.05) is 0 Å². The van der Waals surface area contributed by atoms with Gasteiger partial charge >= 0.3 is 0 Å². The average molecular weight is 361 g/mol. The van der Waals surface area contributed by atoms with Crippen LogP contribution in [0.4, 0.5) is 13.2 Å². The molecule has 1 atom stereocenters. The van der Waals surface area contributed by atoms with Gasteiger partial charge in [0.2, 0.25) is 0 Å². The maximum atomic E-state index is 14.9. The Balaban J connectivity index is 1.68. The molecule has 4 nitrogen and oxygen atoms in total. The third-order valence-corrected chi connectivity index (χ3v) is 4.88. The molecule has 0 saturated heterocycles. The first-order valence-corrected chi connectivity index (χ1v) is 8.40. The molecule has 1 unspecified atom stereocenters. The second-order valence-corrected chi connectivity index (χ2v) is 7.36. The molecule has 0 aliphatic heterocycles. The lowest BCUT2D eigenvalue weighted by molar-refractivity contribution is 0.0786. The van der Waals surface area contributed by atoms with Gasteiger partial charge in [0, 0.05) is 30.5 Å². The number of alkyl halides is 2. The Morgan fingerprint density at radius 2 is 1.85 bits per heavy atom. The van der Waals surface area contributed by atoms with Crippen LogP contribution in [0.15, 0.2) is 36.5 Å². The quantitative estimate of drug-likeness (QED) is 0.765. The van der Waals surface area contributed by atoms with E-state index in [2.05, 4.69) is 10.2 Å². The van der Waals surface area contributed by atoms with E-state index in [1.165, 1.54) is 4.40 Å². The second-order valence-electron chi connectivity index (χ2n) is 7.36. The number of rotatable bonds is 4. The van der Waals surface area contributed by atoms with Crippen LogP contribution >= 0.6 is 0 Å². The average Bonchev–Trinajstić information content (AvgIpc) is 2.98. The zero-order valence-electron chi connectivity index (χ0n) is 14.4. The van der Waals surface area contributed by atoms with Crippen molar-refractivity contribution in [1.29, 1.82) is 0 Å². The number of benzene rings is 1. The molecule has 1 fully saturated rings. The fourth-order valence-corrected chi connectivity index (χ4v) is 3.10. The lowest BCUT2D eigenvalue weighted by Gasteiger charge is -2.18. The van der Waals surface area contributed by atoms with Crippen molar-refractivity contribution in [3.05, 3.63) is 53.7 Å². The molecule has 1 N–H and O–H groups in total. The van der Waals surface area contributed by atoms with Crippen LogP contribution < -0.4 is 0 Å². The topological polar surface area (TPSA) is 50.4 Å². The molecule has 1 aliphatic rings. The third-order valence-electron chi connectivity index (χ3n) is 4.88. The lowest BCUT2D eigenvalue weighted by Crippen LogP contribution is -2.14. The fourth-order valence-electron chi connectivity index (χ4n) is 3.10. The number of hydrogen-bond acceptors (Lipinski definition) is 3. The van der Waals surface area contributed by atoms with E-state index in [4.69, 9.17) is 0 Å². The maximum absolute atomic E-state index is 14.9. The summed E-state index contributed by atoms with van der Waals surface area (Å²) in [6.07, 6.45) is 1.52. The van der Waals surface area contributed by atoms with E-state index in [9.17, 15) is 18.3 Å². The summed E-state index contributed by atoms with van der Waals surface area (Å²) in [5, 5.41) is 17.7. The first-order chi connectivity index (χ1) is 12.2. The predicted molar refractivity (Wildman–Crippen MR) is 90.4 cm³/mol. The number of pyridine rings is 1. The van der Waals surface area contributed by atoms with Crippen molar-refractivity contribution in [2.45, 2.75) is 38.2 Å². The van der Waals surface area contributed by atoms with Crippen molar-refractivity contribution >= 4 is 5.65 Å². The van der Waals surface area contributed by atoms with Gasteiger partial charge in [-0.15, -0.1) is 10.2 Å². The number of aromatic nitrogens is 3. The van der Waals surface area contributed by atoms with Crippen molar-refractivity contribution < 1.29 is 18.3 Å². The molecule has 26 heavy (non-hydrogen) atoms. The fraction of sp³-hybridized carbons (Fsp3) is 0.368. The predicted octanol–water partition coefficient (Wildman–Crippen LogP) is 3.96. The van der Waals surface area contributed by atoms with E-state index < -0.39 is 23.3 Å². The molecule has 7 heteroatoms. The number of halogens is 3. The van der Waals surface area contributed by atoms with E-state index in [-0.39, 0.29) is 18.5 Å². The molecular weight excluding hydrogens is 343 g/mol. The molecule has 4 rings (SSSR count). The van der Waals surface area contributed by atoms with E-state index >= 15 is 0 Å². The molecular formula is C19H18F3N3O. The summed E-state index contributed by atoms with van der Waals surface area (Å²) >= 11 is 0. The molecule has 136 valence electrons. The van der Waals surface area contributed by atoms with Crippen LogP contribution in [0.25, 0.3) is 16.8 Å². The SMILES string of the molecule is CC(C)(O)c1ccc(-c2ccn3c(CC4CC4(F)F)nnc3c2F)cc1. The minimum atomic E-state index is -2.65. The zero-order chi connectivity index (χ0) is 18.7. The Bertz CT molecular complexity index is 974. The van der Waals surface area contributed by atoms with Gasteiger partial charge in [-0.1, -0.05) is 24.3 Å². The number of hydrogen-bond donors (Lipinski definition) is 1. The minimum Gasteiger partial charge on any atom is -0.386 e. The van der Waals surface area contributed by atoms with Gasteiger partial charge < -0.3 is 5.11 Å². The molecule has 1 saturated carbocycles. The second kappa shape index (κ2) is 5.54. The van der Waals surface area contributed by atoms with E-state index in [1.54, 1.807) is 50.4 Å². The highest BCUT2D eigenvalue weighted by atomic mass is 19.3. The van der Waals surface area contributed by atoms with Gasteiger partial charge in [0.05, 0.1) is 5.60 Å². The smallest absolute Gasteiger partial charge is 0.252 e. The summed E-state index contributed by atoms with van der Waals surface area (Å²) < 4.78 is 42.6. The molecule has 2 heterocycles. The first kappa shape index (κ1) is 17.0. The molecule has 0 radical (unpaired) electrons. The van der Waals surface area contributed by atoms with E-state index in [0.717, 1.165) is 5.56 Å². The van der Waals surface area contributed by atoms with Crippen molar-refractivity contribution in [2.24, 2.45) is 5.92 Å². The van der Waals surface area contributed by atoms with Crippen LogP contribution in [-0.2, 0) is 12.0 Å². The molecule has 3 aromatic rings. The Labute approximate surface area is 148 Å². The third kappa shape index (κ3) is 2.86. The standard InChI is InChI=1S/C19H18F3N3O/c1-18(2,26)12-5-3-11(4-6-12)14-7-8-25-15(9-13-10-19(13,21)22)23-24-17(25)16(14)20/h3-8,13,26H,9-10H2,1-2H3. The van der Waals surface area contributed by atoms with Gasteiger partial charge in [0.1, 0.15) is 5.82 Å². The number of fused-ring (bicyclic) bond motifs is 1. The van der Waals surface area contributed by atoms with Gasteiger partial charge in [-0.25, -0.2) is 13.2 Å². The summed E-state index contributed by atoms with van der Waals surface area (Å²) in [6, 6.07) is 8.51. The van der Waals surface area contributed by atoms with Crippen LogP contribution in [0.2, 0.25) is 0 Å². The summed E-state index contributed by atoms with van der Waals surface area (Å²) in [5.41, 5.74) is 0.742. The van der Waals surface area contributed by atoms with Gasteiger partial charge in [0.25, 0.3) is 5.92 Å². The summed E-state index contributed by atoms with van der Waals surface area (Å²) in [5.74, 6) is -3.60. The van der Waals surface area contributed by atoms with E-state index in [0.29, 0.717) is 17.0 Å². The summed E-state index contributed by atoms with van der Waals surface area (Å²) in [4.78, 5) is 0. The summed E-state index contributed by atoms with van der Waals surface area (Å²) in [6.45, 7) is 3.35. The normalized spacial score (nSPS) is 19.1. The van der Waals surface area contributed by atoms with Crippen LogP contribution in [0, 0.1) is 11.7 Å². The Hall–Kier alpha value is -2.41. The highest BCUT2D eigenvalue weighted by Crippen LogP contribution is 2.50. The van der Waals surface area contributed by atoms with Crippen molar-refractivity contribution in [2.75, 3.05) is 0 Å². The molecule has 2 aromatic heterocycles. The molecule has 0 spiro atoms. The summed E-state index contributed by atoms with van der Waals surface area (Å²) in [7, 11) is 0. The van der Waals surface area contributed by atoms with Crippen LogP contribution in [-0.4, -0.2) is 25.6 Å². The number of aliphatic hydroxyl groups is 1. The van der Waals surface area contributed by atoms with Crippen molar-refractivity contribution in [3.8, 4) is 11.1 Å². The lowest BCUT2D eigenvalue weighted by atomic mass is 9.96. The van der Waals surface area contributed by atoms with Gasteiger partial charge in [0.15, 0.2) is 11.5 Å². The Morgan fingerprint density at radius 3 is 2.42 bits per heavy atom. The van der Waals surface area contributed by atoms with Crippen LogP contribution in [0.3, 0.4) is 0 Å². The highest BCUT2D eigenvalue weighted by Gasteiger charge is 2.56. The molecule has 0 bridgehead atoms. The van der Waals surface area contributed by atoms with Gasteiger partial charge in [-0.05, 0) is 31.0 Å². The Morgan fingerprint density at radius 1 is 1.19 bits per heavy atom. The monoisotopic (exact) mass is 361 g/mol.